The molecule has 1 fully saturated rings. The number of carbonyl (C=O) groups is 2. The van der Waals surface area contributed by atoms with E-state index in [0.717, 1.165) is 12.8 Å². The summed E-state index contributed by atoms with van der Waals surface area (Å²) in [4.78, 5) is 32.5. The van der Waals surface area contributed by atoms with Gasteiger partial charge in [-0.15, -0.1) is 0 Å². The van der Waals surface area contributed by atoms with Crippen LogP contribution in [0.5, 0.6) is 0 Å². The molecule has 1 aliphatic heterocycles. The Balaban J connectivity index is 2.15. The van der Waals surface area contributed by atoms with Gasteiger partial charge in [0.15, 0.2) is 0 Å². The molecule has 5 heteroatoms. The van der Waals surface area contributed by atoms with Gasteiger partial charge in [-0.3, -0.25) is 14.6 Å². The third kappa shape index (κ3) is 2.81. The van der Waals surface area contributed by atoms with Gasteiger partial charge in [-0.1, -0.05) is 6.07 Å². The van der Waals surface area contributed by atoms with Gasteiger partial charge in [-0.2, -0.15) is 0 Å². The van der Waals surface area contributed by atoms with Crippen molar-refractivity contribution in [3.63, 3.8) is 0 Å². The fraction of sp³-hybridized carbons (Fsp3) is 0.533. The second kappa shape index (κ2) is 6.50. The Kier molecular flexibility index (Phi) is 4.71. The number of hydrogen-bond acceptors (Lipinski definition) is 3. The molecule has 1 aromatic rings. The van der Waals surface area contributed by atoms with Crippen molar-refractivity contribution in [2.24, 2.45) is 0 Å². The maximum atomic E-state index is 12.5. The maximum absolute atomic E-state index is 12.5. The van der Waals surface area contributed by atoms with E-state index < -0.39 is 0 Å². The van der Waals surface area contributed by atoms with Gasteiger partial charge in [-0.05, 0) is 38.8 Å². The molecule has 0 unspecified atom stereocenters. The number of rotatable bonds is 4. The van der Waals surface area contributed by atoms with Crippen molar-refractivity contribution in [3.05, 3.63) is 30.1 Å². The van der Waals surface area contributed by atoms with Crippen LogP contribution in [0.4, 0.5) is 0 Å². The Labute approximate surface area is 119 Å². The van der Waals surface area contributed by atoms with E-state index in [1.165, 1.54) is 0 Å². The summed E-state index contributed by atoms with van der Waals surface area (Å²) in [6, 6.07) is 4.93. The molecule has 0 N–H and O–H groups in total. The lowest BCUT2D eigenvalue weighted by Gasteiger charge is -2.28. The summed E-state index contributed by atoms with van der Waals surface area (Å²) in [7, 11) is 0. The number of likely N-dealkylation sites (N-methyl/N-ethyl adjacent to an activating group) is 1. The van der Waals surface area contributed by atoms with Crippen LogP contribution in [0, 0.1) is 0 Å². The zero-order valence-corrected chi connectivity index (χ0v) is 12.1. The van der Waals surface area contributed by atoms with E-state index in [4.69, 9.17) is 0 Å². The molecule has 1 aliphatic rings. The molecule has 5 nitrogen and oxygen atoms in total. The topological polar surface area (TPSA) is 53.5 Å². The average Bonchev–Trinajstić information content (AvgIpc) is 2.98. The second-order valence-corrected chi connectivity index (χ2v) is 4.88. The van der Waals surface area contributed by atoms with Crippen LogP contribution in [-0.2, 0) is 4.79 Å². The number of nitrogens with zero attached hydrogens (tertiary/aromatic N) is 3. The highest BCUT2D eigenvalue weighted by Crippen LogP contribution is 2.21. The third-order valence-electron chi connectivity index (χ3n) is 3.76. The highest BCUT2D eigenvalue weighted by atomic mass is 16.2. The van der Waals surface area contributed by atoms with Crippen LogP contribution >= 0.6 is 0 Å². The lowest BCUT2D eigenvalue weighted by Crippen LogP contribution is -2.47. The first-order valence-electron chi connectivity index (χ1n) is 7.19. The first-order chi connectivity index (χ1) is 9.69. The normalized spacial score (nSPS) is 18.1. The minimum absolute atomic E-state index is 0.0526. The Morgan fingerprint density at radius 3 is 2.70 bits per heavy atom. The molecule has 0 radical (unpaired) electrons. The van der Waals surface area contributed by atoms with E-state index in [1.54, 1.807) is 34.2 Å². The van der Waals surface area contributed by atoms with E-state index in [0.29, 0.717) is 25.3 Å². The predicted molar refractivity (Wildman–Crippen MR) is 76.2 cm³/mol. The third-order valence-corrected chi connectivity index (χ3v) is 3.76. The summed E-state index contributed by atoms with van der Waals surface area (Å²) in [6.07, 6.45) is 3.22. The minimum atomic E-state index is -0.329. The number of likely N-dealkylation sites (tertiary alicyclic amines) is 1. The summed E-state index contributed by atoms with van der Waals surface area (Å²) in [5.41, 5.74) is 0.409. The van der Waals surface area contributed by atoms with E-state index >= 15 is 0 Å². The quantitative estimate of drug-likeness (QED) is 0.838. The van der Waals surface area contributed by atoms with Crippen LogP contribution < -0.4 is 0 Å². The minimum Gasteiger partial charge on any atom is -0.341 e. The van der Waals surface area contributed by atoms with Gasteiger partial charge >= 0.3 is 0 Å². The van der Waals surface area contributed by atoms with E-state index in [9.17, 15) is 9.59 Å². The van der Waals surface area contributed by atoms with Crippen molar-refractivity contribution in [2.45, 2.75) is 32.7 Å². The molecule has 0 bridgehead atoms. The van der Waals surface area contributed by atoms with E-state index in [-0.39, 0.29) is 17.9 Å². The van der Waals surface area contributed by atoms with Gasteiger partial charge in [0.2, 0.25) is 5.91 Å². The van der Waals surface area contributed by atoms with Gasteiger partial charge in [0.1, 0.15) is 11.7 Å². The van der Waals surface area contributed by atoms with Crippen molar-refractivity contribution in [1.82, 2.24) is 14.8 Å². The molecule has 1 atom stereocenters. The Morgan fingerprint density at radius 2 is 2.10 bits per heavy atom. The molecular formula is C15H21N3O2. The smallest absolute Gasteiger partial charge is 0.273 e. The lowest BCUT2D eigenvalue weighted by atomic mass is 10.2. The molecule has 2 rings (SSSR count). The molecule has 0 saturated carbocycles. The molecule has 0 aromatic carbocycles. The molecule has 108 valence electrons. The van der Waals surface area contributed by atoms with E-state index in [2.05, 4.69) is 4.98 Å². The van der Waals surface area contributed by atoms with Crippen LogP contribution in [0.3, 0.4) is 0 Å². The Bertz CT molecular complexity index is 471. The monoisotopic (exact) mass is 275 g/mol. The number of pyridine rings is 1. The number of aromatic nitrogens is 1. The van der Waals surface area contributed by atoms with Crippen molar-refractivity contribution in [2.75, 3.05) is 19.6 Å². The molecule has 1 saturated heterocycles. The fourth-order valence-corrected chi connectivity index (χ4v) is 2.65. The van der Waals surface area contributed by atoms with Gasteiger partial charge in [0.05, 0.1) is 0 Å². The Morgan fingerprint density at radius 1 is 1.35 bits per heavy atom. The first-order valence-corrected chi connectivity index (χ1v) is 7.19. The zero-order chi connectivity index (χ0) is 14.5. The predicted octanol–water partition coefficient (Wildman–Crippen LogP) is 1.55. The average molecular weight is 275 g/mol. The first kappa shape index (κ1) is 14.5. The summed E-state index contributed by atoms with van der Waals surface area (Å²) < 4.78 is 0. The van der Waals surface area contributed by atoms with Crippen molar-refractivity contribution in [3.8, 4) is 0 Å². The fourth-order valence-electron chi connectivity index (χ4n) is 2.65. The number of hydrogen-bond donors (Lipinski definition) is 0. The molecule has 2 amide bonds. The summed E-state index contributed by atoms with van der Waals surface area (Å²) in [5.74, 6) is -0.0922. The largest absolute Gasteiger partial charge is 0.341 e. The summed E-state index contributed by atoms with van der Waals surface area (Å²) in [5, 5.41) is 0. The highest BCUT2D eigenvalue weighted by molar-refractivity contribution is 5.96. The standard InChI is InChI=1S/C15H21N3O2/c1-3-17(4-2)15(20)13-9-7-11-18(13)14(19)12-8-5-6-10-16-12/h5-6,8,10,13H,3-4,7,9,11H2,1-2H3/t13-/m1/s1. The molecule has 1 aromatic heterocycles. The van der Waals surface area contributed by atoms with Crippen molar-refractivity contribution >= 4 is 11.8 Å². The van der Waals surface area contributed by atoms with Crippen LogP contribution in [0.2, 0.25) is 0 Å². The van der Waals surface area contributed by atoms with Gasteiger partial charge in [0, 0.05) is 25.8 Å². The van der Waals surface area contributed by atoms with Crippen molar-refractivity contribution in [1.29, 1.82) is 0 Å². The number of carbonyl (C=O) groups excluding carboxylic acids is 2. The molecule has 0 spiro atoms. The van der Waals surface area contributed by atoms with E-state index in [1.807, 2.05) is 13.8 Å². The molecule has 0 aliphatic carbocycles. The second-order valence-electron chi connectivity index (χ2n) is 4.88. The summed E-state index contributed by atoms with van der Waals surface area (Å²) >= 11 is 0. The molecule has 20 heavy (non-hydrogen) atoms. The van der Waals surface area contributed by atoms with Crippen LogP contribution in [0.25, 0.3) is 0 Å². The van der Waals surface area contributed by atoms with Gasteiger partial charge in [-0.25, -0.2) is 0 Å². The Hall–Kier alpha value is -1.91. The van der Waals surface area contributed by atoms with Crippen LogP contribution in [0.15, 0.2) is 24.4 Å². The zero-order valence-electron chi connectivity index (χ0n) is 12.1. The maximum Gasteiger partial charge on any atom is 0.273 e. The van der Waals surface area contributed by atoms with Gasteiger partial charge in [0.25, 0.3) is 5.91 Å². The summed E-state index contributed by atoms with van der Waals surface area (Å²) in [6.45, 7) is 5.91. The SMILES string of the molecule is CCN(CC)C(=O)[C@H]1CCCN1C(=O)c1ccccn1. The van der Waals surface area contributed by atoms with Crippen LogP contribution in [0.1, 0.15) is 37.2 Å². The van der Waals surface area contributed by atoms with Gasteiger partial charge < -0.3 is 9.80 Å². The highest BCUT2D eigenvalue weighted by Gasteiger charge is 2.36. The lowest BCUT2D eigenvalue weighted by molar-refractivity contribution is -0.134. The number of amides is 2. The van der Waals surface area contributed by atoms with Crippen molar-refractivity contribution < 1.29 is 9.59 Å². The molecule has 2 heterocycles. The molecular weight excluding hydrogens is 254 g/mol. The van der Waals surface area contributed by atoms with Crippen LogP contribution in [-0.4, -0.2) is 52.3 Å².